The number of para-hydroxylation sites is 1. The second-order valence-corrected chi connectivity index (χ2v) is 6.35. The Bertz CT molecular complexity index is 502. The van der Waals surface area contributed by atoms with Crippen LogP contribution in [0.5, 0.6) is 0 Å². The lowest BCUT2D eigenvalue weighted by molar-refractivity contribution is -0.138. The van der Waals surface area contributed by atoms with Crippen molar-refractivity contribution in [3.63, 3.8) is 0 Å². The predicted molar refractivity (Wildman–Crippen MR) is 82.9 cm³/mol. The number of carbonyl (C=O) groups is 1. The molecule has 0 N–H and O–H groups in total. The van der Waals surface area contributed by atoms with Crippen LogP contribution in [-0.4, -0.2) is 29.9 Å². The SMILES string of the molecule is COC(=O)CN1C(=S)C(C(C)C)Sc2ccccc21. The molecule has 0 saturated heterocycles. The molecule has 5 heteroatoms. The number of rotatable bonds is 3. The lowest BCUT2D eigenvalue weighted by Gasteiger charge is -2.37. The van der Waals surface area contributed by atoms with Gasteiger partial charge < -0.3 is 9.64 Å². The first-order chi connectivity index (χ1) is 9.04. The Labute approximate surface area is 123 Å². The number of fused-ring (bicyclic) bond motifs is 1. The summed E-state index contributed by atoms with van der Waals surface area (Å²) in [5.74, 6) is 0.151. The summed E-state index contributed by atoms with van der Waals surface area (Å²) in [4.78, 5) is 15.5. The highest BCUT2D eigenvalue weighted by Crippen LogP contribution is 2.41. The fourth-order valence-electron chi connectivity index (χ4n) is 2.02. The van der Waals surface area contributed by atoms with Gasteiger partial charge in [-0.25, -0.2) is 0 Å². The average molecular weight is 295 g/mol. The van der Waals surface area contributed by atoms with Crippen LogP contribution in [0.15, 0.2) is 29.2 Å². The minimum absolute atomic E-state index is 0.177. The lowest BCUT2D eigenvalue weighted by atomic mass is 10.1. The third-order valence-corrected chi connectivity index (χ3v) is 5.28. The van der Waals surface area contributed by atoms with E-state index in [-0.39, 0.29) is 17.8 Å². The average Bonchev–Trinajstić information content (AvgIpc) is 2.41. The second-order valence-electron chi connectivity index (χ2n) is 4.75. The van der Waals surface area contributed by atoms with E-state index in [1.54, 1.807) is 11.8 Å². The van der Waals surface area contributed by atoms with Crippen LogP contribution >= 0.6 is 24.0 Å². The molecule has 1 heterocycles. The molecule has 102 valence electrons. The van der Waals surface area contributed by atoms with Crippen molar-refractivity contribution < 1.29 is 9.53 Å². The Kier molecular flexibility index (Phi) is 4.47. The number of ether oxygens (including phenoxy) is 1. The van der Waals surface area contributed by atoms with Gasteiger partial charge in [0.1, 0.15) is 6.54 Å². The highest BCUT2D eigenvalue weighted by atomic mass is 32.2. The van der Waals surface area contributed by atoms with Gasteiger partial charge >= 0.3 is 5.97 Å². The number of methoxy groups -OCH3 is 1. The van der Waals surface area contributed by atoms with Gasteiger partial charge in [-0.1, -0.05) is 38.2 Å². The van der Waals surface area contributed by atoms with E-state index in [0.29, 0.717) is 5.92 Å². The lowest BCUT2D eigenvalue weighted by Crippen LogP contribution is -2.44. The zero-order valence-corrected chi connectivity index (χ0v) is 12.9. The maximum Gasteiger partial charge on any atom is 0.325 e. The normalized spacial score (nSPS) is 18.4. The van der Waals surface area contributed by atoms with E-state index in [4.69, 9.17) is 17.0 Å². The molecule has 0 saturated carbocycles. The molecule has 2 rings (SSSR count). The first kappa shape index (κ1) is 14.3. The molecule has 0 fully saturated rings. The molecular formula is C14H17NO2S2. The molecule has 0 aliphatic carbocycles. The summed E-state index contributed by atoms with van der Waals surface area (Å²) in [6.07, 6.45) is 0. The van der Waals surface area contributed by atoms with Crippen LogP contribution in [0.1, 0.15) is 13.8 Å². The topological polar surface area (TPSA) is 29.5 Å². The zero-order chi connectivity index (χ0) is 14.0. The van der Waals surface area contributed by atoms with Crippen molar-refractivity contribution in [3.05, 3.63) is 24.3 Å². The fraction of sp³-hybridized carbons (Fsp3) is 0.429. The molecule has 0 aromatic heterocycles. The number of nitrogens with zero attached hydrogens (tertiary/aromatic N) is 1. The summed E-state index contributed by atoms with van der Waals surface area (Å²) in [7, 11) is 1.40. The van der Waals surface area contributed by atoms with Crippen molar-refractivity contribution in [1.82, 2.24) is 0 Å². The molecule has 3 nitrogen and oxygen atoms in total. The number of anilines is 1. The van der Waals surface area contributed by atoms with E-state index < -0.39 is 0 Å². The van der Waals surface area contributed by atoms with Crippen LogP contribution in [0.3, 0.4) is 0 Å². The highest BCUT2D eigenvalue weighted by molar-refractivity contribution is 8.02. The Morgan fingerprint density at radius 1 is 1.47 bits per heavy atom. The molecule has 0 bridgehead atoms. The van der Waals surface area contributed by atoms with Crippen LogP contribution in [0.4, 0.5) is 5.69 Å². The molecular weight excluding hydrogens is 278 g/mol. The largest absolute Gasteiger partial charge is 0.468 e. The van der Waals surface area contributed by atoms with Crippen molar-refractivity contribution in [1.29, 1.82) is 0 Å². The van der Waals surface area contributed by atoms with Gasteiger partial charge in [-0.3, -0.25) is 4.79 Å². The Morgan fingerprint density at radius 3 is 2.79 bits per heavy atom. The maximum atomic E-state index is 11.6. The Balaban J connectivity index is 2.38. The molecule has 1 aromatic carbocycles. The van der Waals surface area contributed by atoms with Crippen LogP contribution in [0.2, 0.25) is 0 Å². The van der Waals surface area contributed by atoms with Gasteiger partial charge in [0.15, 0.2) is 0 Å². The van der Waals surface area contributed by atoms with E-state index in [1.807, 2.05) is 23.1 Å². The molecule has 1 aliphatic heterocycles. The minimum atomic E-state index is -0.272. The van der Waals surface area contributed by atoms with E-state index >= 15 is 0 Å². The number of hydrogen-bond donors (Lipinski definition) is 0. The number of thioether (sulfide) groups is 1. The molecule has 0 amide bonds. The molecule has 0 radical (unpaired) electrons. The number of carbonyl (C=O) groups excluding carboxylic acids is 1. The predicted octanol–water partition coefficient (Wildman–Crippen LogP) is 3.12. The molecule has 1 atom stereocenters. The highest BCUT2D eigenvalue weighted by Gasteiger charge is 2.33. The van der Waals surface area contributed by atoms with E-state index in [2.05, 4.69) is 19.9 Å². The minimum Gasteiger partial charge on any atom is -0.468 e. The summed E-state index contributed by atoms with van der Waals surface area (Å²) >= 11 is 7.34. The molecule has 1 aliphatic rings. The Morgan fingerprint density at radius 2 is 2.16 bits per heavy atom. The maximum absolute atomic E-state index is 11.6. The smallest absolute Gasteiger partial charge is 0.325 e. The quantitative estimate of drug-likeness (QED) is 0.631. The van der Waals surface area contributed by atoms with Gasteiger partial charge in [0.05, 0.1) is 23.0 Å². The molecule has 19 heavy (non-hydrogen) atoms. The number of thiocarbonyl (C=S) groups is 1. The summed E-state index contributed by atoms with van der Waals surface area (Å²) in [5.41, 5.74) is 1.000. The van der Waals surface area contributed by atoms with Gasteiger partial charge in [0.25, 0.3) is 0 Å². The van der Waals surface area contributed by atoms with Gasteiger partial charge in [0, 0.05) is 4.90 Å². The van der Waals surface area contributed by atoms with Crippen molar-refractivity contribution in [3.8, 4) is 0 Å². The summed E-state index contributed by atoms with van der Waals surface area (Å²) in [5, 5.41) is 0.217. The van der Waals surface area contributed by atoms with Crippen molar-refractivity contribution in [2.75, 3.05) is 18.6 Å². The summed E-state index contributed by atoms with van der Waals surface area (Å²) < 4.78 is 4.76. The summed E-state index contributed by atoms with van der Waals surface area (Å²) in [6.45, 7) is 4.47. The standard InChI is InChI=1S/C14H17NO2S2/c1-9(2)13-14(18)15(8-12(16)17-3)10-6-4-5-7-11(10)19-13/h4-7,9,13H,8H2,1-3H3. The molecule has 1 aromatic rings. The number of benzene rings is 1. The molecule has 0 spiro atoms. The van der Waals surface area contributed by atoms with Crippen LogP contribution < -0.4 is 4.90 Å². The monoisotopic (exact) mass is 295 g/mol. The number of hydrogen-bond acceptors (Lipinski definition) is 4. The van der Waals surface area contributed by atoms with Crippen LogP contribution in [-0.2, 0) is 9.53 Å². The third-order valence-electron chi connectivity index (χ3n) is 3.04. The van der Waals surface area contributed by atoms with Gasteiger partial charge in [-0.05, 0) is 18.1 Å². The first-order valence-corrected chi connectivity index (χ1v) is 7.47. The zero-order valence-electron chi connectivity index (χ0n) is 11.3. The van der Waals surface area contributed by atoms with E-state index in [0.717, 1.165) is 10.7 Å². The molecule has 1 unspecified atom stereocenters. The van der Waals surface area contributed by atoms with Crippen molar-refractivity contribution in [2.24, 2.45) is 5.92 Å². The third kappa shape index (κ3) is 2.92. The van der Waals surface area contributed by atoms with Gasteiger partial charge in [-0.15, -0.1) is 11.8 Å². The Hall–Kier alpha value is -1.07. The van der Waals surface area contributed by atoms with Crippen molar-refractivity contribution >= 4 is 40.6 Å². The second kappa shape index (κ2) is 5.92. The first-order valence-electron chi connectivity index (χ1n) is 6.18. The van der Waals surface area contributed by atoms with Crippen LogP contribution in [0.25, 0.3) is 0 Å². The summed E-state index contributed by atoms with van der Waals surface area (Å²) in [6, 6.07) is 8.03. The van der Waals surface area contributed by atoms with Crippen LogP contribution in [0, 0.1) is 5.92 Å². The van der Waals surface area contributed by atoms with Gasteiger partial charge in [0.2, 0.25) is 0 Å². The fourth-order valence-corrected chi connectivity index (χ4v) is 3.83. The van der Waals surface area contributed by atoms with E-state index in [9.17, 15) is 4.79 Å². The van der Waals surface area contributed by atoms with Crippen molar-refractivity contribution in [2.45, 2.75) is 24.0 Å². The van der Waals surface area contributed by atoms with Gasteiger partial charge in [-0.2, -0.15) is 0 Å². The van der Waals surface area contributed by atoms with E-state index in [1.165, 1.54) is 12.0 Å². The number of esters is 1.